The Kier molecular flexibility index (Phi) is 7.81. The second-order valence-corrected chi connectivity index (χ2v) is 8.86. The van der Waals surface area contributed by atoms with Crippen LogP contribution >= 0.6 is 0 Å². The summed E-state index contributed by atoms with van der Waals surface area (Å²) in [5, 5.41) is 21.6. The smallest absolute Gasteiger partial charge is 0.338 e. The molecule has 0 aliphatic carbocycles. The summed E-state index contributed by atoms with van der Waals surface area (Å²) < 4.78 is 10.8. The maximum absolute atomic E-state index is 13.4. The van der Waals surface area contributed by atoms with E-state index >= 15 is 0 Å². The van der Waals surface area contributed by atoms with E-state index in [1.807, 2.05) is 13.8 Å². The molecular weight excluding hydrogens is 486 g/mol. The van der Waals surface area contributed by atoms with Crippen molar-refractivity contribution >= 4 is 29.1 Å². The highest BCUT2D eigenvalue weighted by Gasteiger charge is 2.47. The Bertz CT molecular complexity index is 1430. The lowest BCUT2D eigenvalue weighted by Gasteiger charge is -2.26. The molecule has 8 nitrogen and oxygen atoms in total. The van der Waals surface area contributed by atoms with Crippen molar-refractivity contribution in [2.24, 2.45) is 0 Å². The number of aromatic hydroxyl groups is 1. The predicted octanol–water partition coefficient (Wildman–Crippen LogP) is 5.29. The largest absolute Gasteiger partial charge is 0.508 e. The zero-order chi connectivity index (χ0) is 27.4. The van der Waals surface area contributed by atoms with Gasteiger partial charge in [0.15, 0.2) is 0 Å². The van der Waals surface area contributed by atoms with Gasteiger partial charge in [-0.1, -0.05) is 25.1 Å². The highest BCUT2D eigenvalue weighted by Crippen LogP contribution is 2.43. The SMILES string of the molecule is CCCOc1ccc(/C(O)=C2\C(=O)C(=O)N(c3cccc(C(=O)OCC)c3)C2c2cccc(O)c2)cc1C. The zero-order valence-corrected chi connectivity index (χ0v) is 21.4. The van der Waals surface area contributed by atoms with Gasteiger partial charge in [-0.2, -0.15) is 0 Å². The Hall–Kier alpha value is -4.59. The predicted molar refractivity (Wildman–Crippen MR) is 142 cm³/mol. The Labute approximate surface area is 220 Å². The van der Waals surface area contributed by atoms with Gasteiger partial charge in [0, 0.05) is 11.3 Å². The van der Waals surface area contributed by atoms with Crippen LogP contribution in [0.5, 0.6) is 11.5 Å². The molecule has 0 bridgehead atoms. The number of ether oxygens (including phenoxy) is 2. The summed E-state index contributed by atoms with van der Waals surface area (Å²) in [6.07, 6.45) is 0.839. The number of anilines is 1. The number of carbonyl (C=O) groups excluding carboxylic acids is 3. The number of amides is 1. The van der Waals surface area contributed by atoms with Crippen LogP contribution in [-0.4, -0.2) is 41.1 Å². The van der Waals surface area contributed by atoms with Crippen molar-refractivity contribution in [3.05, 3.63) is 94.6 Å². The molecule has 4 rings (SSSR count). The number of hydrogen-bond acceptors (Lipinski definition) is 7. The first-order valence-electron chi connectivity index (χ1n) is 12.4. The standard InChI is InChI=1S/C30H29NO7/c1-4-14-38-24-13-12-20(15-18(24)3)27(33)25-26(19-8-7-11-23(32)17-19)31(29(35)28(25)34)22-10-6-9-21(16-22)30(36)37-5-2/h6-13,15-17,26,32-33H,4-5,14H2,1-3H3/b27-25+. The molecule has 0 radical (unpaired) electrons. The fraction of sp³-hybridized carbons (Fsp3) is 0.233. The first kappa shape index (κ1) is 26.5. The quantitative estimate of drug-likeness (QED) is 0.181. The van der Waals surface area contributed by atoms with Gasteiger partial charge < -0.3 is 19.7 Å². The van der Waals surface area contributed by atoms with E-state index in [0.717, 1.165) is 12.0 Å². The summed E-state index contributed by atoms with van der Waals surface area (Å²) in [7, 11) is 0. The number of aliphatic hydroxyl groups excluding tert-OH is 1. The van der Waals surface area contributed by atoms with Crippen molar-refractivity contribution in [1.29, 1.82) is 0 Å². The first-order chi connectivity index (χ1) is 18.3. The molecule has 38 heavy (non-hydrogen) atoms. The van der Waals surface area contributed by atoms with Crippen LogP contribution in [0, 0.1) is 6.92 Å². The zero-order valence-electron chi connectivity index (χ0n) is 21.4. The van der Waals surface area contributed by atoms with Crippen LogP contribution in [0.2, 0.25) is 0 Å². The number of aliphatic hydroxyl groups is 1. The number of carbonyl (C=O) groups is 3. The van der Waals surface area contributed by atoms with Crippen molar-refractivity contribution in [2.45, 2.75) is 33.2 Å². The van der Waals surface area contributed by atoms with Crippen LogP contribution in [0.3, 0.4) is 0 Å². The molecule has 1 amide bonds. The van der Waals surface area contributed by atoms with Crippen LogP contribution in [-0.2, 0) is 14.3 Å². The molecule has 3 aromatic carbocycles. The fourth-order valence-electron chi connectivity index (χ4n) is 4.43. The van der Waals surface area contributed by atoms with Gasteiger partial charge in [0.25, 0.3) is 11.7 Å². The van der Waals surface area contributed by atoms with Crippen molar-refractivity contribution in [3.63, 3.8) is 0 Å². The van der Waals surface area contributed by atoms with Crippen LogP contribution in [0.4, 0.5) is 5.69 Å². The van der Waals surface area contributed by atoms with Crippen LogP contribution in [0.1, 0.15) is 53.4 Å². The molecular formula is C30H29NO7. The summed E-state index contributed by atoms with van der Waals surface area (Å²) in [6, 6.07) is 16.3. The average molecular weight is 516 g/mol. The third-order valence-electron chi connectivity index (χ3n) is 6.18. The molecule has 3 aromatic rings. The highest BCUT2D eigenvalue weighted by atomic mass is 16.5. The second-order valence-electron chi connectivity index (χ2n) is 8.86. The van der Waals surface area contributed by atoms with Gasteiger partial charge in [0.05, 0.1) is 30.4 Å². The van der Waals surface area contributed by atoms with E-state index in [4.69, 9.17) is 9.47 Å². The molecule has 0 aromatic heterocycles. The minimum Gasteiger partial charge on any atom is -0.508 e. The monoisotopic (exact) mass is 515 g/mol. The van der Waals surface area contributed by atoms with Crippen LogP contribution in [0.25, 0.3) is 5.76 Å². The normalized spacial score (nSPS) is 16.5. The number of phenolic OH excluding ortho intramolecular Hbond substituents is 1. The van der Waals surface area contributed by atoms with E-state index < -0.39 is 23.7 Å². The molecule has 1 fully saturated rings. The number of nitrogens with zero attached hydrogens (tertiary/aromatic N) is 1. The Morgan fingerprint density at radius 1 is 0.974 bits per heavy atom. The minimum atomic E-state index is -1.06. The third-order valence-corrected chi connectivity index (χ3v) is 6.18. The van der Waals surface area contributed by atoms with E-state index in [-0.39, 0.29) is 34.9 Å². The molecule has 196 valence electrons. The molecule has 1 saturated heterocycles. The van der Waals surface area contributed by atoms with Gasteiger partial charge in [0.1, 0.15) is 17.3 Å². The number of phenols is 1. The average Bonchev–Trinajstić information content (AvgIpc) is 3.18. The molecule has 1 heterocycles. The molecule has 1 aliphatic heterocycles. The lowest BCUT2D eigenvalue weighted by molar-refractivity contribution is -0.132. The lowest BCUT2D eigenvalue weighted by atomic mass is 9.94. The van der Waals surface area contributed by atoms with E-state index in [0.29, 0.717) is 23.5 Å². The summed E-state index contributed by atoms with van der Waals surface area (Å²) >= 11 is 0. The number of aryl methyl sites for hydroxylation is 1. The van der Waals surface area contributed by atoms with Gasteiger partial charge in [-0.3, -0.25) is 14.5 Å². The van der Waals surface area contributed by atoms with Crippen LogP contribution < -0.4 is 9.64 Å². The van der Waals surface area contributed by atoms with Gasteiger partial charge in [-0.05, 0) is 79.9 Å². The fourth-order valence-corrected chi connectivity index (χ4v) is 4.43. The van der Waals surface area contributed by atoms with Gasteiger partial charge in [-0.25, -0.2) is 4.79 Å². The molecule has 1 atom stereocenters. The Balaban J connectivity index is 1.87. The first-order valence-corrected chi connectivity index (χ1v) is 12.4. The van der Waals surface area contributed by atoms with Crippen molar-refractivity contribution < 1.29 is 34.1 Å². The number of ketones is 1. The minimum absolute atomic E-state index is 0.0679. The maximum atomic E-state index is 13.4. The molecule has 0 spiro atoms. The van der Waals surface area contributed by atoms with Gasteiger partial charge in [0.2, 0.25) is 0 Å². The topological polar surface area (TPSA) is 113 Å². The Morgan fingerprint density at radius 2 is 1.74 bits per heavy atom. The molecule has 2 N–H and O–H groups in total. The third kappa shape index (κ3) is 5.11. The second kappa shape index (κ2) is 11.2. The number of hydrogen-bond donors (Lipinski definition) is 2. The number of esters is 1. The number of Topliss-reactive ketones (excluding diaryl/α,β-unsaturated/α-hetero) is 1. The maximum Gasteiger partial charge on any atom is 0.338 e. The van der Waals surface area contributed by atoms with Crippen molar-refractivity contribution in [2.75, 3.05) is 18.1 Å². The Morgan fingerprint density at radius 3 is 2.42 bits per heavy atom. The molecule has 0 saturated carbocycles. The highest BCUT2D eigenvalue weighted by molar-refractivity contribution is 6.51. The molecule has 1 unspecified atom stereocenters. The number of benzene rings is 3. The molecule has 1 aliphatic rings. The van der Waals surface area contributed by atoms with E-state index in [1.54, 1.807) is 55.5 Å². The molecule has 8 heteroatoms. The lowest BCUT2D eigenvalue weighted by Crippen LogP contribution is -2.29. The van der Waals surface area contributed by atoms with Gasteiger partial charge in [-0.15, -0.1) is 0 Å². The van der Waals surface area contributed by atoms with Crippen LogP contribution in [0.15, 0.2) is 72.3 Å². The van der Waals surface area contributed by atoms with E-state index in [1.165, 1.54) is 23.1 Å². The summed E-state index contributed by atoms with van der Waals surface area (Å²) in [6.45, 7) is 6.23. The summed E-state index contributed by atoms with van der Waals surface area (Å²) in [5.41, 5.74) is 1.85. The number of rotatable bonds is 8. The van der Waals surface area contributed by atoms with Crippen molar-refractivity contribution in [3.8, 4) is 11.5 Å². The van der Waals surface area contributed by atoms with E-state index in [2.05, 4.69) is 0 Å². The van der Waals surface area contributed by atoms with Gasteiger partial charge >= 0.3 is 5.97 Å². The van der Waals surface area contributed by atoms with Crippen molar-refractivity contribution in [1.82, 2.24) is 0 Å². The summed E-state index contributed by atoms with van der Waals surface area (Å²) in [5.74, 6) is -2.10. The van der Waals surface area contributed by atoms with E-state index in [9.17, 15) is 24.6 Å². The summed E-state index contributed by atoms with van der Waals surface area (Å²) in [4.78, 5) is 40.4.